The minimum atomic E-state index is -0.299. The van der Waals surface area contributed by atoms with E-state index in [0.29, 0.717) is 48.7 Å². The van der Waals surface area contributed by atoms with Crippen molar-refractivity contribution in [3.63, 3.8) is 0 Å². The summed E-state index contributed by atoms with van der Waals surface area (Å²) >= 11 is 0. The Morgan fingerprint density at radius 3 is 3.04 bits per heavy atom. The Bertz CT molecular complexity index is 1000. The van der Waals surface area contributed by atoms with E-state index in [4.69, 9.17) is 4.42 Å². The van der Waals surface area contributed by atoms with Crippen molar-refractivity contribution >= 4 is 16.9 Å². The number of carbonyl (C=O) groups excluding carboxylic acids is 1. The Labute approximate surface area is 155 Å². The highest BCUT2D eigenvalue weighted by molar-refractivity contribution is 5.77. The summed E-state index contributed by atoms with van der Waals surface area (Å²) in [6.45, 7) is 1.19. The second-order valence-corrected chi connectivity index (χ2v) is 7.46. The average molecular weight is 368 g/mol. The first kappa shape index (κ1) is 16.5. The van der Waals surface area contributed by atoms with Crippen LogP contribution in [0.4, 0.5) is 4.39 Å². The summed E-state index contributed by atoms with van der Waals surface area (Å²) in [5.41, 5.74) is 2.29. The molecule has 1 aliphatic heterocycles. The number of oxazole rings is 1. The van der Waals surface area contributed by atoms with Gasteiger partial charge in [0.15, 0.2) is 5.89 Å². The van der Waals surface area contributed by atoms with Crippen LogP contribution in [0.25, 0.3) is 11.0 Å². The summed E-state index contributed by atoms with van der Waals surface area (Å²) in [5, 5.41) is 0. The molecule has 7 heteroatoms. The summed E-state index contributed by atoms with van der Waals surface area (Å²) in [5.74, 6) is 2.76. The van der Waals surface area contributed by atoms with Gasteiger partial charge in [-0.05, 0) is 31.0 Å². The Morgan fingerprint density at radius 2 is 2.22 bits per heavy atom. The highest BCUT2D eigenvalue weighted by Gasteiger charge is 2.30. The molecule has 2 aromatic heterocycles. The molecule has 1 aliphatic carbocycles. The van der Waals surface area contributed by atoms with Crippen molar-refractivity contribution in [2.45, 2.75) is 51.0 Å². The van der Waals surface area contributed by atoms with E-state index in [1.165, 1.54) is 18.6 Å². The van der Waals surface area contributed by atoms with Crippen molar-refractivity contribution in [2.24, 2.45) is 0 Å². The Hall–Kier alpha value is -2.70. The van der Waals surface area contributed by atoms with Gasteiger partial charge in [0.1, 0.15) is 23.1 Å². The maximum atomic E-state index is 13.3. The van der Waals surface area contributed by atoms with Crippen LogP contribution >= 0.6 is 0 Å². The van der Waals surface area contributed by atoms with Crippen LogP contribution in [0, 0.1) is 5.82 Å². The molecule has 0 unspecified atom stereocenters. The van der Waals surface area contributed by atoms with Crippen LogP contribution in [-0.4, -0.2) is 32.3 Å². The number of halogens is 1. The van der Waals surface area contributed by atoms with E-state index in [9.17, 15) is 9.18 Å². The number of fused-ring (bicyclic) bond motifs is 2. The highest BCUT2D eigenvalue weighted by Crippen LogP contribution is 2.37. The van der Waals surface area contributed by atoms with E-state index in [1.54, 1.807) is 6.07 Å². The van der Waals surface area contributed by atoms with Gasteiger partial charge in [-0.3, -0.25) is 4.79 Å². The fourth-order valence-corrected chi connectivity index (χ4v) is 3.80. The van der Waals surface area contributed by atoms with E-state index < -0.39 is 0 Å². The van der Waals surface area contributed by atoms with Crippen LogP contribution < -0.4 is 0 Å². The maximum Gasteiger partial charge on any atom is 0.223 e. The number of hydrogen-bond donors (Lipinski definition) is 1. The number of aryl methyl sites for hydroxylation is 1. The third kappa shape index (κ3) is 3.11. The monoisotopic (exact) mass is 368 g/mol. The summed E-state index contributed by atoms with van der Waals surface area (Å²) in [7, 11) is 0. The van der Waals surface area contributed by atoms with Gasteiger partial charge >= 0.3 is 0 Å². The summed E-state index contributed by atoms with van der Waals surface area (Å²) < 4.78 is 19.2. The Morgan fingerprint density at radius 1 is 1.33 bits per heavy atom. The molecule has 1 aromatic carbocycles. The number of aromatic nitrogens is 3. The van der Waals surface area contributed by atoms with Crippen molar-refractivity contribution < 1.29 is 13.6 Å². The highest BCUT2D eigenvalue weighted by atomic mass is 19.1. The van der Waals surface area contributed by atoms with Gasteiger partial charge in [-0.25, -0.2) is 14.4 Å². The van der Waals surface area contributed by atoms with E-state index >= 15 is 0 Å². The minimum absolute atomic E-state index is 0.0838. The van der Waals surface area contributed by atoms with Crippen LogP contribution in [0.5, 0.6) is 0 Å². The van der Waals surface area contributed by atoms with Gasteiger partial charge in [-0.2, -0.15) is 0 Å². The molecule has 0 saturated heterocycles. The zero-order valence-electron chi connectivity index (χ0n) is 15.0. The van der Waals surface area contributed by atoms with Crippen molar-refractivity contribution in [3.05, 3.63) is 47.2 Å². The maximum absolute atomic E-state index is 13.3. The molecule has 3 aromatic rings. The third-order valence-corrected chi connectivity index (χ3v) is 5.62. The number of benzene rings is 1. The molecule has 1 fully saturated rings. The van der Waals surface area contributed by atoms with Crippen molar-refractivity contribution in [1.29, 1.82) is 0 Å². The largest absolute Gasteiger partial charge is 0.445 e. The quantitative estimate of drug-likeness (QED) is 0.765. The molecule has 27 heavy (non-hydrogen) atoms. The lowest BCUT2D eigenvalue weighted by Crippen LogP contribution is -2.36. The number of nitrogens with zero attached hydrogens (tertiary/aromatic N) is 3. The molecular weight excluding hydrogens is 347 g/mol. The normalized spacial score (nSPS) is 17.1. The van der Waals surface area contributed by atoms with Crippen molar-refractivity contribution in [1.82, 2.24) is 19.9 Å². The van der Waals surface area contributed by atoms with Gasteiger partial charge in [-0.15, -0.1) is 0 Å². The van der Waals surface area contributed by atoms with Crippen LogP contribution in [0.1, 0.15) is 54.8 Å². The topological polar surface area (TPSA) is 75.0 Å². The van der Waals surface area contributed by atoms with E-state index in [1.807, 2.05) is 4.90 Å². The number of amides is 1. The van der Waals surface area contributed by atoms with Crippen molar-refractivity contribution in [3.8, 4) is 0 Å². The summed E-state index contributed by atoms with van der Waals surface area (Å²) in [6, 6.07) is 4.45. The second-order valence-electron chi connectivity index (χ2n) is 7.46. The van der Waals surface area contributed by atoms with Gasteiger partial charge in [0.05, 0.1) is 17.6 Å². The molecular formula is C20H21FN4O2. The van der Waals surface area contributed by atoms with E-state index in [-0.39, 0.29) is 11.7 Å². The molecule has 0 bridgehead atoms. The Balaban J connectivity index is 1.22. The molecule has 1 amide bonds. The lowest BCUT2D eigenvalue weighted by Gasteiger charge is -2.25. The van der Waals surface area contributed by atoms with Crippen LogP contribution in [-0.2, 0) is 24.2 Å². The summed E-state index contributed by atoms with van der Waals surface area (Å²) in [6.07, 6.45) is 5.16. The Kier molecular flexibility index (Phi) is 3.95. The number of imidazole rings is 1. The molecule has 0 spiro atoms. The second kappa shape index (κ2) is 6.48. The molecule has 1 N–H and O–H groups in total. The number of rotatable bonds is 4. The molecule has 0 atom stereocenters. The smallest absolute Gasteiger partial charge is 0.223 e. The lowest BCUT2D eigenvalue weighted by atomic mass is 9.85. The molecule has 0 radical (unpaired) electrons. The standard InChI is InChI=1S/C20H21FN4O2/c21-13-4-5-14-15(10-13)23-18(22-14)6-7-19(26)25-9-8-17-16(11-25)24-20(27-17)12-2-1-3-12/h4-5,10,12H,1-3,6-9,11H2,(H,22,23). The SMILES string of the molecule is O=C(CCc1nc2ccc(F)cc2[nH]1)N1CCc2oc(C3CCC3)nc2C1. The number of H-pyrrole nitrogens is 1. The first-order valence-corrected chi connectivity index (χ1v) is 9.56. The predicted molar refractivity (Wildman–Crippen MR) is 96.6 cm³/mol. The lowest BCUT2D eigenvalue weighted by molar-refractivity contribution is -0.132. The molecule has 6 nitrogen and oxygen atoms in total. The third-order valence-electron chi connectivity index (χ3n) is 5.62. The minimum Gasteiger partial charge on any atom is -0.445 e. The summed E-state index contributed by atoms with van der Waals surface area (Å²) in [4.78, 5) is 26.6. The zero-order valence-corrected chi connectivity index (χ0v) is 15.0. The van der Waals surface area contributed by atoms with Crippen LogP contribution in [0.3, 0.4) is 0 Å². The molecule has 3 heterocycles. The van der Waals surface area contributed by atoms with E-state index in [2.05, 4.69) is 15.0 Å². The van der Waals surface area contributed by atoms with Crippen molar-refractivity contribution in [2.75, 3.05) is 6.54 Å². The number of hydrogen-bond acceptors (Lipinski definition) is 4. The van der Waals surface area contributed by atoms with Gasteiger partial charge < -0.3 is 14.3 Å². The van der Waals surface area contributed by atoms with Gasteiger partial charge in [-0.1, -0.05) is 6.42 Å². The molecule has 2 aliphatic rings. The van der Waals surface area contributed by atoms with Crippen LogP contribution in [0.15, 0.2) is 22.6 Å². The fraction of sp³-hybridized carbons (Fsp3) is 0.450. The fourth-order valence-electron chi connectivity index (χ4n) is 3.80. The number of aromatic amines is 1. The predicted octanol–water partition coefficient (Wildman–Crippen LogP) is 3.48. The van der Waals surface area contributed by atoms with Gasteiger partial charge in [0.2, 0.25) is 5.91 Å². The first-order valence-electron chi connectivity index (χ1n) is 9.56. The van der Waals surface area contributed by atoms with Gasteiger partial charge in [0, 0.05) is 31.7 Å². The first-order chi connectivity index (χ1) is 13.2. The zero-order chi connectivity index (χ0) is 18.4. The molecule has 140 valence electrons. The number of carbonyl (C=O) groups is 1. The van der Waals surface area contributed by atoms with Gasteiger partial charge in [0.25, 0.3) is 0 Å². The van der Waals surface area contributed by atoms with E-state index in [0.717, 1.165) is 36.6 Å². The van der Waals surface area contributed by atoms with Crippen LogP contribution in [0.2, 0.25) is 0 Å². The molecule has 1 saturated carbocycles. The average Bonchev–Trinajstić information content (AvgIpc) is 3.20. The molecule has 5 rings (SSSR count). The number of nitrogens with one attached hydrogen (secondary N) is 1.